The number of nitrogens with one attached hydrogen (secondary N) is 1. The van der Waals surface area contributed by atoms with Crippen molar-refractivity contribution in [1.82, 2.24) is 0 Å². The molecular weight excluding hydrogens is 292 g/mol. The first-order valence-corrected chi connectivity index (χ1v) is 8.12. The molecule has 122 valence electrons. The Balaban J connectivity index is 2.69. The maximum atomic E-state index is 9.92. The number of hydrogen-bond acceptors (Lipinski definition) is 6. The van der Waals surface area contributed by atoms with Crippen molar-refractivity contribution in [3.63, 3.8) is 0 Å². The number of rotatable bonds is 5. The summed E-state index contributed by atoms with van der Waals surface area (Å²) >= 11 is 0. The molecule has 1 N–H and O–H groups in total. The summed E-state index contributed by atoms with van der Waals surface area (Å²) in [5.74, 6) is -2.08. The largest absolute Gasteiger partial charge is 0.448 e. The van der Waals surface area contributed by atoms with Gasteiger partial charge < -0.3 is 9.47 Å². The maximum absolute atomic E-state index is 9.92. The first-order chi connectivity index (χ1) is 10.9. The van der Waals surface area contributed by atoms with Crippen molar-refractivity contribution in [1.29, 1.82) is 21.2 Å². The summed E-state index contributed by atoms with van der Waals surface area (Å²) in [6.07, 6.45) is 2.79. The van der Waals surface area contributed by atoms with E-state index >= 15 is 0 Å². The summed E-state index contributed by atoms with van der Waals surface area (Å²) < 4.78 is 11.7. The second-order valence-electron chi connectivity index (χ2n) is 6.49. The molecule has 4 atom stereocenters. The molecule has 3 heterocycles. The molecule has 2 bridgehead atoms. The highest BCUT2D eigenvalue weighted by Crippen LogP contribution is 2.63. The lowest BCUT2D eigenvalue weighted by molar-refractivity contribution is -0.340. The molecule has 3 fully saturated rings. The Bertz CT molecular complexity index is 612. The van der Waals surface area contributed by atoms with E-state index in [1.165, 1.54) is 0 Å². The molecule has 6 heteroatoms. The second-order valence-corrected chi connectivity index (χ2v) is 6.49. The molecule has 4 unspecified atom stereocenters. The maximum Gasteiger partial charge on any atom is 0.215 e. The standard InChI is InChI=1S/C17H22N4O2/c1-4-6-8-13-17(11-20)14(21)23-15(3,22-13)12(7-5-2)16(17,9-18)10-19/h12-13,21H,4-8H2,1-3H3. The van der Waals surface area contributed by atoms with Gasteiger partial charge in [0.1, 0.15) is 0 Å². The highest BCUT2D eigenvalue weighted by Gasteiger charge is 2.78. The average molecular weight is 314 g/mol. The van der Waals surface area contributed by atoms with E-state index < -0.39 is 28.6 Å². The number of unbranched alkanes of at least 4 members (excludes halogenated alkanes) is 1. The zero-order valence-electron chi connectivity index (χ0n) is 13.8. The third-order valence-corrected chi connectivity index (χ3v) is 5.23. The average Bonchev–Trinajstić information content (AvgIpc) is 2.54. The Labute approximate surface area is 137 Å². The Morgan fingerprint density at radius 2 is 1.74 bits per heavy atom. The van der Waals surface area contributed by atoms with Crippen molar-refractivity contribution < 1.29 is 9.47 Å². The van der Waals surface area contributed by atoms with Gasteiger partial charge in [-0.05, 0) is 12.8 Å². The van der Waals surface area contributed by atoms with Crippen LogP contribution in [0, 0.1) is 56.2 Å². The van der Waals surface area contributed by atoms with E-state index in [0.29, 0.717) is 12.8 Å². The van der Waals surface area contributed by atoms with Gasteiger partial charge in [0.25, 0.3) is 0 Å². The molecule has 0 aliphatic carbocycles. The minimum absolute atomic E-state index is 0.301. The molecule has 0 aromatic rings. The van der Waals surface area contributed by atoms with Crippen LogP contribution in [0.3, 0.4) is 0 Å². The van der Waals surface area contributed by atoms with Crippen LogP contribution in [0.15, 0.2) is 0 Å². The van der Waals surface area contributed by atoms with Crippen molar-refractivity contribution in [3.05, 3.63) is 0 Å². The van der Waals surface area contributed by atoms with Crippen molar-refractivity contribution in [2.45, 2.75) is 64.8 Å². The lowest BCUT2D eigenvalue weighted by atomic mass is 9.50. The van der Waals surface area contributed by atoms with Gasteiger partial charge in [0.05, 0.1) is 30.2 Å². The SMILES string of the molecule is CCCCC1OC2(C)OC(=N)C1(C#N)C(C#N)(C#N)C2CCC. The van der Waals surface area contributed by atoms with Crippen molar-refractivity contribution in [3.8, 4) is 18.2 Å². The Hall–Kier alpha value is -2.10. The number of nitrogens with zero attached hydrogens (tertiary/aromatic N) is 3. The number of nitriles is 3. The topological polar surface area (TPSA) is 114 Å². The molecule has 0 aromatic heterocycles. The van der Waals surface area contributed by atoms with Crippen LogP contribution < -0.4 is 0 Å². The molecule has 0 spiro atoms. The van der Waals surface area contributed by atoms with Gasteiger partial charge in [-0.3, -0.25) is 5.41 Å². The summed E-state index contributed by atoms with van der Waals surface area (Å²) in [5.41, 5.74) is -3.29. The lowest BCUT2D eigenvalue weighted by Gasteiger charge is -2.61. The van der Waals surface area contributed by atoms with Gasteiger partial charge in [0.2, 0.25) is 11.7 Å². The fourth-order valence-electron chi connectivity index (χ4n) is 4.08. The quantitative estimate of drug-likeness (QED) is 0.836. The van der Waals surface area contributed by atoms with E-state index in [2.05, 4.69) is 18.2 Å². The monoisotopic (exact) mass is 314 g/mol. The number of fused-ring (bicyclic) bond motifs is 3. The summed E-state index contributed by atoms with van der Waals surface area (Å²) in [4.78, 5) is 0. The molecule has 0 amide bonds. The first-order valence-electron chi connectivity index (χ1n) is 8.12. The fourth-order valence-corrected chi connectivity index (χ4v) is 4.08. The Morgan fingerprint density at radius 1 is 1.09 bits per heavy atom. The Morgan fingerprint density at radius 3 is 2.22 bits per heavy atom. The van der Waals surface area contributed by atoms with E-state index in [0.717, 1.165) is 19.3 Å². The second kappa shape index (κ2) is 5.84. The predicted octanol–water partition coefficient (Wildman–Crippen LogP) is 3.26. The third kappa shape index (κ3) is 1.97. The minimum Gasteiger partial charge on any atom is -0.448 e. The normalized spacial score (nSPS) is 37.3. The van der Waals surface area contributed by atoms with Crippen LogP contribution in [0.2, 0.25) is 0 Å². The van der Waals surface area contributed by atoms with Crippen molar-refractivity contribution in [2.75, 3.05) is 0 Å². The van der Waals surface area contributed by atoms with Crippen molar-refractivity contribution >= 4 is 5.90 Å². The fraction of sp³-hybridized carbons (Fsp3) is 0.765. The molecule has 23 heavy (non-hydrogen) atoms. The van der Waals surface area contributed by atoms with Gasteiger partial charge in [-0.25, -0.2) is 0 Å². The van der Waals surface area contributed by atoms with Gasteiger partial charge in [0.15, 0.2) is 10.8 Å². The smallest absolute Gasteiger partial charge is 0.215 e. The molecule has 3 aliphatic heterocycles. The van der Waals surface area contributed by atoms with Gasteiger partial charge in [-0.2, -0.15) is 15.8 Å². The highest BCUT2D eigenvalue weighted by atomic mass is 16.7. The Kier molecular flexibility index (Phi) is 4.38. The van der Waals surface area contributed by atoms with Crippen LogP contribution in [0.1, 0.15) is 52.9 Å². The van der Waals surface area contributed by atoms with Crippen LogP contribution >= 0.6 is 0 Å². The molecular formula is C17H22N4O2. The zero-order valence-corrected chi connectivity index (χ0v) is 13.8. The summed E-state index contributed by atoms with van der Waals surface area (Å²) in [5, 5.41) is 38.0. The lowest BCUT2D eigenvalue weighted by Crippen LogP contribution is -2.74. The molecule has 3 rings (SSSR count). The molecule has 3 aliphatic rings. The van der Waals surface area contributed by atoms with E-state index in [1.54, 1.807) is 6.92 Å². The van der Waals surface area contributed by atoms with Gasteiger partial charge in [0, 0.05) is 6.92 Å². The number of hydrogen-bond donors (Lipinski definition) is 1. The van der Waals surface area contributed by atoms with E-state index in [1.807, 2.05) is 13.8 Å². The highest BCUT2D eigenvalue weighted by molar-refractivity contribution is 5.88. The van der Waals surface area contributed by atoms with Crippen LogP contribution in [0.4, 0.5) is 0 Å². The van der Waals surface area contributed by atoms with Crippen LogP contribution in [0.25, 0.3) is 0 Å². The molecule has 6 nitrogen and oxygen atoms in total. The molecule has 3 saturated heterocycles. The van der Waals surface area contributed by atoms with Crippen LogP contribution in [-0.2, 0) is 9.47 Å². The number of ether oxygens (including phenoxy) is 2. The zero-order chi connectivity index (χ0) is 17.3. The van der Waals surface area contributed by atoms with Gasteiger partial charge >= 0.3 is 0 Å². The van der Waals surface area contributed by atoms with Gasteiger partial charge in [-0.1, -0.05) is 33.1 Å². The summed E-state index contributed by atoms with van der Waals surface area (Å²) in [6.45, 7) is 5.65. The van der Waals surface area contributed by atoms with E-state index in [-0.39, 0.29) is 5.90 Å². The summed E-state index contributed by atoms with van der Waals surface area (Å²) in [6, 6.07) is 6.30. The third-order valence-electron chi connectivity index (χ3n) is 5.23. The van der Waals surface area contributed by atoms with E-state index in [9.17, 15) is 15.8 Å². The summed E-state index contributed by atoms with van der Waals surface area (Å²) in [7, 11) is 0. The van der Waals surface area contributed by atoms with E-state index in [4.69, 9.17) is 14.9 Å². The van der Waals surface area contributed by atoms with Gasteiger partial charge in [-0.15, -0.1) is 0 Å². The minimum atomic E-state index is -1.66. The first kappa shape index (κ1) is 17.3. The molecule has 0 aromatic carbocycles. The van der Waals surface area contributed by atoms with Crippen molar-refractivity contribution in [2.24, 2.45) is 16.7 Å². The predicted molar refractivity (Wildman–Crippen MR) is 81.7 cm³/mol. The van der Waals surface area contributed by atoms with Crippen LogP contribution in [-0.4, -0.2) is 17.8 Å². The van der Waals surface area contributed by atoms with Crippen LogP contribution in [0.5, 0.6) is 0 Å². The molecule has 0 saturated carbocycles. The molecule has 0 radical (unpaired) electrons.